The lowest BCUT2D eigenvalue weighted by Gasteiger charge is -2.26. The number of amides is 1. The summed E-state index contributed by atoms with van der Waals surface area (Å²) in [4.78, 5) is 11.8. The maximum atomic E-state index is 11.8. The van der Waals surface area contributed by atoms with Crippen LogP contribution in [0.25, 0.3) is 0 Å². The molecule has 0 fully saturated rings. The molecule has 4 atom stereocenters. The largest absolute Gasteiger partial charge is 0.394 e. The molecular formula is C16H22N2O5S2. The fourth-order valence-electron chi connectivity index (χ4n) is 2.26. The van der Waals surface area contributed by atoms with E-state index in [9.17, 15) is 20.1 Å². The lowest BCUT2D eigenvalue weighted by atomic mass is 10.1. The molecule has 0 aromatic heterocycles. The maximum Gasteiger partial charge on any atom is 0.240 e. The molecule has 9 heteroatoms. The highest BCUT2D eigenvalue weighted by molar-refractivity contribution is 8.39. The molecule has 0 spiro atoms. The molecule has 0 bridgehead atoms. The molecule has 1 aliphatic heterocycles. The number of benzene rings is 1. The van der Waals surface area contributed by atoms with Gasteiger partial charge in [-0.1, -0.05) is 53.9 Å². The van der Waals surface area contributed by atoms with Crippen molar-refractivity contribution in [1.29, 1.82) is 0 Å². The normalized spacial score (nSPS) is 20.9. The average Bonchev–Trinajstić information content (AvgIpc) is 3.02. The van der Waals surface area contributed by atoms with Crippen molar-refractivity contribution < 1.29 is 25.2 Å². The van der Waals surface area contributed by atoms with Crippen molar-refractivity contribution in [3.8, 4) is 0 Å². The molecule has 7 nitrogen and oxygen atoms in total. The van der Waals surface area contributed by atoms with Crippen molar-refractivity contribution in [2.75, 3.05) is 6.61 Å². The van der Waals surface area contributed by atoms with Gasteiger partial charge in [0.2, 0.25) is 5.91 Å². The number of thioether (sulfide) groups is 2. The van der Waals surface area contributed by atoms with E-state index < -0.39 is 30.3 Å². The Kier molecular flexibility index (Phi) is 7.73. The van der Waals surface area contributed by atoms with Gasteiger partial charge in [0, 0.05) is 19.1 Å². The molecule has 0 radical (unpaired) electrons. The third-order valence-electron chi connectivity index (χ3n) is 3.65. The van der Waals surface area contributed by atoms with E-state index in [-0.39, 0.29) is 12.3 Å². The fourth-order valence-corrected chi connectivity index (χ4v) is 4.62. The Hall–Kier alpha value is -1.10. The Morgan fingerprint density at radius 2 is 1.96 bits per heavy atom. The lowest BCUT2D eigenvalue weighted by Crippen LogP contribution is -2.43. The van der Waals surface area contributed by atoms with Crippen LogP contribution in [0.4, 0.5) is 0 Å². The van der Waals surface area contributed by atoms with Crippen LogP contribution >= 0.6 is 23.5 Å². The highest BCUT2D eigenvalue weighted by Gasteiger charge is 2.35. The second kappa shape index (κ2) is 9.56. The first-order valence-corrected chi connectivity index (χ1v) is 9.65. The summed E-state index contributed by atoms with van der Waals surface area (Å²) >= 11 is 2.83. The molecule has 1 aromatic rings. The Morgan fingerprint density at radius 3 is 2.56 bits per heavy atom. The van der Waals surface area contributed by atoms with Gasteiger partial charge in [0.25, 0.3) is 0 Å². The Morgan fingerprint density at radius 1 is 1.28 bits per heavy atom. The number of aliphatic hydroxyl groups excluding tert-OH is 4. The third-order valence-corrected chi connectivity index (χ3v) is 6.04. The zero-order chi connectivity index (χ0) is 18.4. The van der Waals surface area contributed by atoms with Crippen molar-refractivity contribution in [2.24, 2.45) is 5.10 Å². The molecule has 0 aliphatic carbocycles. The monoisotopic (exact) mass is 386 g/mol. The highest BCUT2D eigenvalue weighted by Crippen LogP contribution is 2.36. The predicted molar refractivity (Wildman–Crippen MR) is 98.8 cm³/mol. The average molecular weight is 386 g/mol. The lowest BCUT2D eigenvalue weighted by molar-refractivity contribution is -0.130. The van der Waals surface area contributed by atoms with E-state index in [4.69, 9.17) is 5.11 Å². The van der Waals surface area contributed by atoms with Gasteiger partial charge in [-0.2, -0.15) is 5.10 Å². The van der Waals surface area contributed by atoms with E-state index in [0.717, 1.165) is 5.56 Å². The van der Waals surface area contributed by atoms with Crippen LogP contribution < -0.4 is 0 Å². The van der Waals surface area contributed by atoms with E-state index >= 15 is 0 Å². The van der Waals surface area contributed by atoms with Crippen molar-refractivity contribution in [3.63, 3.8) is 0 Å². The van der Waals surface area contributed by atoms with Gasteiger partial charge in [0.15, 0.2) is 4.38 Å². The van der Waals surface area contributed by atoms with Gasteiger partial charge in [0.05, 0.1) is 12.7 Å². The summed E-state index contributed by atoms with van der Waals surface area (Å²) in [5, 5.41) is 43.2. The number of hydrogen-bond acceptors (Lipinski definition) is 8. The van der Waals surface area contributed by atoms with Gasteiger partial charge in [-0.3, -0.25) is 4.79 Å². The van der Waals surface area contributed by atoms with Crippen molar-refractivity contribution in [2.45, 2.75) is 42.8 Å². The third kappa shape index (κ3) is 5.70. The molecule has 1 aromatic carbocycles. The van der Waals surface area contributed by atoms with Crippen LogP contribution in [0.5, 0.6) is 0 Å². The Labute approximate surface area is 154 Å². The summed E-state index contributed by atoms with van der Waals surface area (Å²) in [6.07, 6.45) is -4.17. The van der Waals surface area contributed by atoms with Crippen molar-refractivity contribution in [3.05, 3.63) is 35.9 Å². The molecule has 2 rings (SSSR count). The minimum atomic E-state index is -1.49. The molecule has 138 valence electrons. The maximum absolute atomic E-state index is 11.8. The predicted octanol–water partition coefficient (Wildman–Crippen LogP) is 0.577. The number of rotatable bonds is 7. The van der Waals surface area contributed by atoms with Crippen LogP contribution in [0, 0.1) is 0 Å². The smallest absolute Gasteiger partial charge is 0.240 e. The molecule has 0 saturated carbocycles. The molecular weight excluding hydrogens is 364 g/mol. The van der Waals surface area contributed by atoms with Gasteiger partial charge >= 0.3 is 0 Å². The van der Waals surface area contributed by atoms with Gasteiger partial charge in [-0.05, 0) is 5.56 Å². The Balaban J connectivity index is 1.95. The van der Waals surface area contributed by atoms with Crippen LogP contribution in [0.15, 0.2) is 35.4 Å². The quantitative estimate of drug-likeness (QED) is 0.542. The zero-order valence-electron chi connectivity index (χ0n) is 13.7. The standard InChI is InChI=1S/C16H22N2O5S2/c1-10(20)18-14(7-12(21)15(23)13(22)8-19)25-16(17-18)24-9-11-5-3-2-4-6-11/h2-6,12-15,19,21-23H,7-9H2,1H3/t12-,13-,14?,15+/m1/s1. The van der Waals surface area contributed by atoms with E-state index in [1.165, 1.54) is 35.5 Å². The van der Waals surface area contributed by atoms with Crippen LogP contribution in [0.3, 0.4) is 0 Å². The first kappa shape index (κ1) is 20.2. The first-order valence-electron chi connectivity index (χ1n) is 7.79. The summed E-state index contributed by atoms with van der Waals surface area (Å²) in [5.74, 6) is 0.441. The molecule has 1 amide bonds. The van der Waals surface area contributed by atoms with Gasteiger partial charge in [-0.25, -0.2) is 5.01 Å². The fraction of sp³-hybridized carbons (Fsp3) is 0.500. The summed E-state index contributed by atoms with van der Waals surface area (Å²) in [6.45, 7) is 0.731. The number of aliphatic hydroxyl groups is 4. The Bertz CT molecular complexity index is 601. The molecule has 1 unspecified atom stereocenters. The van der Waals surface area contributed by atoms with Crippen LogP contribution in [-0.4, -0.2) is 66.0 Å². The summed E-state index contributed by atoms with van der Waals surface area (Å²) in [6, 6.07) is 9.85. The van der Waals surface area contributed by atoms with Crippen LogP contribution in [-0.2, 0) is 10.5 Å². The molecule has 25 heavy (non-hydrogen) atoms. The molecule has 4 N–H and O–H groups in total. The SMILES string of the molecule is CC(=O)N1N=C(SCc2ccccc2)SC1C[C@@H](O)[C@H](O)[C@H](O)CO. The van der Waals surface area contributed by atoms with E-state index in [2.05, 4.69) is 5.10 Å². The minimum absolute atomic E-state index is 0.0291. The highest BCUT2D eigenvalue weighted by atomic mass is 32.2. The van der Waals surface area contributed by atoms with Gasteiger partial charge < -0.3 is 20.4 Å². The molecule has 1 heterocycles. The molecule has 1 aliphatic rings. The van der Waals surface area contributed by atoms with E-state index in [0.29, 0.717) is 10.1 Å². The van der Waals surface area contributed by atoms with Gasteiger partial charge in [0.1, 0.15) is 17.6 Å². The second-order valence-corrected chi connectivity index (χ2v) is 8.01. The van der Waals surface area contributed by atoms with Crippen LogP contribution in [0.1, 0.15) is 18.9 Å². The van der Waals surface area contributed by atoms with Crippen molar-refractivity contribution >= 4 is 33.8 Å². The van der Waals surface area contributed by atoms with E-state index in [1.54, 1.807) is 0 Å². The summed E-state index contributed by atoms with van der Waals surface area (Å²) < 4.78 is 0.702. The number of nitrogens with zero attached hydrogens (tertiary/aromatic N) is 2. The first-order chi connectivity index (χ1) is 11.9. The van der Waals surface area contributed by atoms with Gasteiger partial charge in [-0.15, -0.1) is 0 Å². The minimum Gasteiger partial charge on any atom is -0.394 e. The molecule has 0 saturated heterocycles. The zero-order valence-corrected chi connectivity index (χ0v) is 15.4. The number of hydrogen-bond donors (Lipinski definition) is 4. The second-order valence-electron chi connectivity index (χ2n) is 5.62. The van der Waals surface area contributed by atoms with Crippen molar-refractivity contribution in [1.82, 2.24) is 5.01 Å². The topological polar surface area (TPSA) is 114 Å². The number of carbonyl (C=O) groups excluding carboxylic acids is 1. The summed E-state index contributed by atoms with van der Waals surface area (Å²) in [5.41, 5.74) is 1.13. The number of carbonyl (C=O) groups is 1. The summed E-state index contributed by atoms with van der Waals surface area (Å²) in [7, 11) is 0. The van der Waals surface area contributed by atoms with E-state index in [1.807, 2.05) is 30.3 Å². The van der Waals surface area contributed by atoms with Crippen LogP contribution in [0.2, 0.25) is 0 Å². The number of hydrazone groups is 1.